The average molecular weight is 421 g/mol. The molecule has 0 atom stereocenters. The Labute approximate surface area is 179 Å². The van der Waals surface area contributed by atoms with E-state index in [1.54, 1.807) is 34.1 Å². The first kappa shape index (κ1) is 20.5. The van der Waals surface area contributed by atoms with Crippen LogP contribution in [0.1, 0.15) is 37.9 Å². The van der Waals surface area contributed by atoms with Gasteiger partial charge in [0.1, 0.15) is 23.8 Å². The highest BCUT2D eigenvalue weighted by Crippen LogP contribution is 2.19. The van der Waals surface area contributed by atoms with Gasteiger partial charge in [-0.1, -0.05) is 5.16 Å². The number of nitrogens with zero attached hydrogens (tertiary/aromatic N) is 5. The van der Waals surface area contributed by atoms with Crippen LogP contribution in [-0.2, 0) is 6.61 Å². The molecule has 1 fully saturated rings. The van der Waals surface area contributed by atoms with E-state index in [0.717, 1.165) is 17.0 Å². The van der Waals surface area contributed by atoms with E-state index in [-0.39, 0.29) is 11.8 Å². The summed E-state index contributed by atoms with van der Waals surface area (Å²) in [5.41, 5.74) is 2.63. The minimum absolute atomic E-state index is 0.0659. The van der Waals surface area contributed by atoms with E-state index in [2.05, 4.69) is 15.1 Å². The molecule has 9 heteroatoms. The van der Waals surface area contributed by atoms with Crippen molar-refractivity contribution in [1.82, 2.24) is 24.9 Å². The van der Waals surface area contributed by atoms with Crippen molar-refractivity contribution in [2.45, 2.75) is 20.5 Å². The number of rotatable bonds is 5. The predicted octanol–water partition coefficient (Wildman–Crippen LogP) is 2.26. The lowest BCUT2D eigenvalue weighted by atomic mass is 10.1. The molecule has 9 nitrogen and oxygen atoms in total. The van der Waals surface area contributed by atoms with Gasteiger partial charge >= 0.3 is 0 Å². The van der Waals surface area contributed by atoms with Crippen molar-refractivity contribution in [1.29, 1.82) is 0 Å². The standard InChI is InChI=1S/C22H23N5O4/c1-15-19(16(2)31-25-15)14-30-18-5-3-17(4-6-18)21(28)26-9-11-27(12-10-26)22(29)20-13-23-7-8-24-20/h3-8,13H,9-12,14H2,1-2H3. The van der Waals surface area contributed by atoms with Gasteiger partial charge in [0.25, 0.3) is 11.8 Å². The van der Waals surface area contributed by atoms with Gasteiger partial charge in [0, 0.05) is 44.1 Å². The fourth-order valence-corrected chi connectivity index (χ4v) is 3.42. The molecular weight excluding hydrogens is 398 g/mol. The molecule has 1 saturated heterocycles. The lowest BCUT2D eigenvalue weighted by molar-refractivity contribution is 0.0532. The highest BCUT2D eigenvalue weighted by Gasteiger charge is 2.26. The van der Waals surface area contributed by atoms with Crippen molar-refractivity contribution in [3.05, 3.63) is 71.1 Å². The smallest absolute Gasteiger partial charge is 0.274 e. The second-order valence-corrected chi connectivity index (χ2v) is 7.29. The molecule has 160 valence electrons. The minimum Gasteiger partial charge on any atom is -0.489 e. The zero-order chi connectivity index (χ0) is 21.8. The van der Waals surface area contributed by atoms with Crippen LogP contribution in [0.25, 0.3) is 0 Å². The Balaban J connectivity index is 1.31. The molecule has 1 aliphatic rings. The molecule has 0 radical (unpaired) electrons. The third-order valence-electron chi connectivity index (χ3n) is 5.30. The van der Waals surface area contributed by atoms with Gasteiger partial charge < -0.3 is 19.1 Å². The largest absolute Gasteiger partial charge is 0.489 e. The Kier molecular flexibility index (Phi) is 5.92. The topological polar surface area (TPSA) is 102 Å². The van der Waals surface area contributed by atoms with Gasteiger partial charge in [-0.2, -0.15) is 0 Å². The first-order valence-corrected chi connectivity index (χ1v) is 10.0. The Bertz CT molecular complexity index is 1040. The molecule has 0 unspecified atom stereocenters. The lowest BCUT2D eigenvalue weighted by Gasteiger charge is -2.34. The Morgan fingerprint density at radius 3 is 2.26 bits per heavy atom. The summed E-state index contributed by atoms with van der Waals surface area (Å²) in [6.07, 6.45) is 4.48. The molecule has 2 amide bonds. The first-order valence-electron chi connectivity index (χ1n) is 10.0. The van der Waals surface area contributed by atoms with Gasteiger partial charge in [0.15, 0.2) is 0 Å². The van der Waals surface area contributed by atoms with Crippen LogP contribution in [0, 0.1) is 13.8 Å². The Morgan fingerprint density at radius 1 is 1.00 bits per heavy atom. The number of hydrogen-bond donors (Lipinski definition) is 0. The van der Waals surface area contributed by atoms with Gasteiger partial charge in [-0.3, -0.25) is 14.6 Å². The van der Waals surface area contributed by atoms with Crippen LogP contribution in [-0.4, -0.2) is 62.9 Å². The number of hydrogen-bond acceptors (Lipinski definition) is 7. The van der Waals surface area contributed by atoms with Crippen LogP contribution in [0.15, 0.2) is 47.4 Å². The van der Waals surface area contributed by atoms with Crippen molar-refractivity contribution in [2.24, 2.45) is 0 Å². The SMILES string of the molecule is Cc1noc(C)c1COc1ccc(C(=O)N2CCN(C(=O)c3cnccn3)CC2)cc1. The predicted molar refractivity (Wildman–Crippen MR) is 111 cm³/mol. The fraction of sp³-hybridized carbons (Fsp3) is 0.318. The molecule has 0 N–H and O–H groups in total. The molecule has 0 bridgehead atoms. The molecule has 3 aromatic rings. The van der Waals surface area contributed by atoms with Crippen molar-refractivity contribution in [3.8, 4) is 5.75 Å². The van der Waals surface area contributed by atoms with Crippen molar-refractivity contribution < 1.29 is 18.8 Å². The molecule has 0 spiro atoms. The number of piperazine rings is 1. The van der Waals surface area contributed by atoms with E-state index in [4.69, 9.17) is 9.26 Å². The van der Waals surface area contributed by atoms with Gasteiger partial charge in [-0.05, 0) is 38.1 Å². The van der Waals surface area contributed by atoms with E-state index >= 15 is 0 Å². The van der Waals surface area contributed by atoms with Crippen LogP contribution in [0.5, 0.6) is 5.75 Å². The molecule has 1 aliphatic heterocycles. The molecular formula is C22H23N5O4. The number of ether oxygens (including phenoxy) is 1. The second kappa shape index (κ2) is 8.95. The van der Waals surface area contributed by atoms with Crippen molar-refractivity contribution in [3.63, 3.8) is 0 Å². The summed E-state index contributed by atoms with van der Waals surface area (Å²) in [4.78, 5) is 36.7. The van der Waals surface area contributed by atoms with Crippen LogP contribution < -0.4 is 4.74 Å². The van der Waals surface area contributed by atoms with Crippen LogP contribution in [0.3, 0.4) is 0 Å². The lowest BCUT2D eigenvalue weighted by Crippen LogP contribution is -2.50. The number of carbonyl (C=O) groups is 2. The quantitative estimate of drug-likeness (QED) is 0.623. The number of carbonyl (C=O) groups excluding carboxylic acids is 2. The molecule has 31 heavy (non-hydrogen) atoms. The molecule has 1 aromatic carbocycles. The van der Waals surface area contributed by atoms with Crippen molar-refractivity contribution in [2.75, 3.05) is 26.2 Å². The number of aryl methyl sites for hydroxylation is 2. The summed E-state index contributed by atoms with van der Waals surface area (Å²) in [6, 6.07) is 7.06. The normalized spacial score (nSPS) is 13.9. The van der Waals surface area contributed by atoms with Gasteiger partial charge in [0.05, 0.1) is 17.5 Å². The van der Waals surface area contributed by atoms with Gasteiger partial charge in [-0.25, -0.2) is 4.98 Å². The summed E-state index contributed by atoms with van der Waals surface area (Å²) in [5.74, 6) is 1.17. The maximum Gasteiger partial charge on any atom is 0.274 e. The second-order valence-electron chi connectivity index (χ2n) is 7.29. The summed E-state index contributed by atoms with van der Waals surface area (Å²) in [6.45, 7) is 5.93. The van der Waals surface area contributed by atoms with E-state index < -0.39 is 0 Å². The van der Waals surface area contributed by atoms with Crippen LogP contribution >= 0.6 is 0 Å². The molecule has 2 aromatic heterocycles. The number of aromatic nitrogens is 3. The summed E-state index contributed by atoms with van der Waals surface area (Å²) >= 11 is 0. The fourth-order valence-electron chi connectivity index (χ4n) is 3.42. The highest BCUT2D eigenvalue weighted by molar-refractivity contribution is 5.95. The Hall–Kier alpha value is -3.75. The monoisotopic (exact) mass is 421 g/mol. The van der Waals surface area contributed by atoms with E-state index in [1.807, 2.05) is 13.8 Å². The molecule has 0 saturated carbocycles. The number of amides is 2. The number of benzene rings is 1. The molecule has 3 heterocycles. The van der Waals surface area contributed by atoms with E-state index in [9.17, 15) is 9.59 Å². The minimum atomic E-state index is -0.167. The van der Waals surface area contributed by atoms with Crippen molar-refractivity contribution >= 4 is 11.8 Å². The third-order valence-corrected chi connectivity index (χ3v) is 5.30. The zero-order valence-electron chi connectivity index (χ0n) is 17.4. The average Bonchev–Trinajstić information content (AvgIpc) is 3.15. The van der Waals surface area contributed by atoms with Crippen LogP contribution in [0.4, 0.5) is 0 Å². The van der Waals surface area contributed by atoms with Crippen LogP contribution in [0.2, 0.25) is 0 Å². The third kappa shape index (κ3) is 4.55. The first-order chi connectivity index (χ1) is 15.0. The maximum absolute atomic E-state index is 12.8. The summed E-state index contributed by atoms with van der Waals surface area (Å²) in [5, 5.41) is 3.91. The zero-order valence-corrected chi connectivity index (χ0v) is 17.4. The maximum atomic E-state index is 12.8. The summed E-state index contributed by atoms with van der Waals surface area (Å²) in [7, 11) is 0. The molecule has 4 rings (SSSR count). The Morgan fingerprint density at radius 2 is 1.68 bits per heavy atom. The van der Waals surface area contributed by atoms with E-state index in [1.165, 1.54) is 18.6 Å². The van der Waals surface area contributed by atoms with Gasteiger partial charge in [0.2, 0.25) is 0 Å². The highest BCUT2D eigenvalue weighted by atomic mass is 16.5. The van der Waals surface area contributed by atoms with E-state index in [0.29, 0.717) is 49.8 Å². The van der Waals surface area contributed by atoms with Gasteiger partial charge in [-0.15, -0.1) is 0 Å². The molecule has 0 aliphatic carbocycles. The summed E-state index contributed by atoms with van der Waals surface area (Å²) < 4.78 is 10.9.